The summed E-state index contributed by atoms with van der Waals surface area (Å²) in [5.41, 5.74) is 3.77. The summed E-state index contributed by atoms with van der Waals surface area (Å²) in [4.78, 5) is 14.8. The molecule has 8 heteroatoms. The first-order chi connectivity index (χ1) is 17.3. The van der Waals surface area contributed by atoms with Gasteiger partial charge < -0.3 is 20.9 Å². The molecule has 1 atom stereocenters. The summed E-state index contributed by atoms with van der Waals surface area (Å²) in [6.07, 6.45) is 1.98. The van der Waals surface area contributed by atoms with Crippen LogP contribution in [0.15, 0.2) is 66.7 Å². The van der Waals surface area contributed by atoms with Crippen molar-refractivity contribution in [3.63, 3.8) is 0 Å². The molecule has 0 fully saturated rings. The number of amides is 2. The smallest absolute Gasteiger partial charge is 0.319 e. The number of urea groups is 1. The standard InChI is InChI=1S/C28H33Cl3N4O/c1-35(2)15-5-13-32-14-12-22(19-33-28(36)34-25-17-23(29)16-24(30)18-25)20-8-10-21(11-9-20)26-6-3-4-7-27(26)31/h3-4,6-11,16-18,22,32H,5,12-15,19H2,1-2H3,(H2,33,34,36). The van der Waals surface area contributed by atoms with Gasteiger partial charge in [-0.15, -0.1) is 0 Å². The first-order valence-corrected chi connectivity index (χ1v) is 13.2. The molecule has 0 saturated heterocycles. The van der Waals surface area contributed by atoms with E-state index in [1.807, 2.05) is 24.3 Å². The Bertz CT molecular complexity index is 1100. The molecule has 5 nitrogen and oxygen atoms in total. The van der Waals surface area contributed by atoms with E-state index in [4.69, 9.17) is 34.8 Å². The number of carbonyl (C=O) groups is 1. The number of rotatable bonds is 12. The normalized spacial score (nSPS) is 11.9. The Balaban J connectivity index is 1.64. The molecule has 0 aliphatic heterocycles. The third-order valence-electron chi connectivity index (χ3n) is 5.82. The lowest BCUT2D eigenvalue weighted by Crippen LogP contribution is -2.33. The van der Waals surface area contributed by atoms with Gasteiger partial charge in [-0.25, -0.2) is 4.79 Å². The summed E-state index contributed by atoms with van der Waals surface area (Å²) >= 11 is 18.5. The van der Waals surface area contributed by atoms with Crippen molar-refractivity contribution in [2.75, 3.05) is 45.6 Å². The number of anilines is 1. The zero-order chi connectivity index (χ0) is 25.9. The van der Waals surface area contributed by atoms with Crippen LogP contribution in [0.25, 0.3) is 11.1 Å². The van der Waals surface area contributed by atoms with E-state index in [-0.39, 0.29) is 11.9 Å². The average molecular weight is 548 g/mol. The van der Waals surface area contributed by atoms with E-state index >= 15 is 0 Å². The minimum Gasteiger partial charge on any atom is -0.337 e. The van der Waals surface area contributed by atoms with E-state index in [0.29, 0.717) is 22.3 Å². The molecule has 0 spiro atoms. The first-order valence-electron chi connectivity index (χ1n) is 12.0. The molecule has 0 saturated carbocycles. The van der Waals surface area contributed by atoms with Gasteiger partial charge in [0, 0.05) is 38.8 Å². The van der Waals surface area contributed by atoms with Crippen molar-refractivity contribution in [1.82, 2.24) is 15.5 Å². The second-order valence-electron chi connectivity index (χ2n) is 8.99. The van der Waals surface area contributed by atoms with Crippen molar-refractivity contribution in [2.24, 2.45) is 0 Å². The van der Waals surface area contributed by atoms with E-state index < -0.39 is 0 Å². The largest absolute Gasteiger partial charge is 0.337 e. The van der Waals surface area contributed by atoms with Gasteiger partial charge in [0.05, 0.1) is 0 Å². The lowest BCUT2D eigenvalue weighted by Gasteiger charge is -2.20. The summed E-state index contributed by atoms with van der Waals surface area (Å²) in [6, 6.07) is 20.9. The molecule has 0 aliphatic rings. The fourth-order valence-electron chi connectivity index (χ4n) is 3.96. The molecular formula is C28H33Cl3N4O. The monoisotopic (exact) mass is 546 g/mol. The van der Waals surface area contributed by atoms with Crippen LogP contribution in [0.3, 0.4) is 0 Å². The summed E-state index contributed by atoms with van der Waals surface area (Å²) in [5.74, 6) is 0.139. The molecule has 36 heavy (non-hydrogen) atoms. The van der Waals surface area contributed by atoms with Gasteiger partial charge in [-0.1, -0.05) is 77.3 Å². The predicted octanol–water partition coefficient (Wildman–Crippen LogP) is 7.15. The number of nitrogens with one attached hydrogen (secondary N) is 3. The van der Waals surface area contributed by atoms with Gasteiger partial charge in [0.25, 0.3) is 0 Å². The lowest BCUT2D eigenvalue weighted by molar-refractivity contribution is 0.251. The van der Waals surface area contributed by atoms with Crippen molar-refractivity contribution < 1.29 is 4.79 Å². The third-order valence-corrected chi connectivity index (χ3v) is 6.59. The number of halogens is 3. The first kappa shape index (κ1) is 28.3. The van der Waals surface area contributed by atoms with E-state index in [2.05, 4.69) is 59.2 Å². The van der Waals surface area contributed by atoms with Crippen molar-refractivity contribution in [3.8, 4) is 11.1 Å². The van der Waals surface area contributed by atoms with Crippen molar-refractivity contribution >= 4 is 46.5 Å². The maximum atomic E-state index is 12.6. The van der Waals surface area contributed by atoms with Crippen LogP contribution >= 0.6 is 34.8 Å². The summed E-state index contributed by atoms with van der Waals surface area (Å²) < 4.78 is 0. The highest BCUT2D eigenvalue weighted by Crippen LogP contribution is 2.29. The van der Waals surface area contributed by atoms with Crippen LogP contribution in [0, 0.1) is 0 Å². The molecule has 0 aromatic heterocycles. The second kappa shape index (κ2) is 14.5. The molecular weight excluding hydrogens is 515 g/mol. The summed E-state index contributed by atoms with van der Waals surface area (Å²) in [6.45, 7) is 3.36. The SMILES string of the molecule is CN(C)CCCNCCC(CNC(=O)Nc1cc(Cl)cc(Cl)c1)c1ccc(-c2ccccc2Cl)cc1. The maximum Gasteiger partial charge on any atom is 0.319 e. The quantitative estimate of drug-likeness (QED) is 0.211. The maximum absolute atomic E-state index is 12.6. The van der Waals surface area contributed by atoms with Crippen LogP contribution in [0.5, 0.6) is 0 Å². The number of benzene rings is 3. The van der Waals surface area contributed by atoms with Gasteiger partial charge in [0.1, 0.15) is 0 Å². The van der Waals surface area contributed by atoms with Gasteiger partial charge in [-0.2, -0.15) is 0 Å². The molecule has 0 heterocycles. The Labute approximate surface area is 229 Å². The van der Waals surface area contributed by atoms with Gasteiger partial charge in [-0.05, 0) is 82.0 Å². The van der Waals surface area contributed by atoms with E-state index in [0.717, 1.165) is 54.2 Å². The molecule has 3 aromatic rings. The molecule has 2 amide bonds. The topological polar surface area (TPSA) is 56.4 Å². The zero-order valence-corrected chi connectivity index (χ0v) is 22.9. The molecule has 0 radical (unpaired) electrons. The van der Waals surface area contributed by atoms with E-state index in [9.17, 15) is 4.79 Å². The summed E-state index contributed by atoms with van der Waals surface area (Å²) in [5, 5.41) is 11.0. The van der Waals surface area contributed by atoms with Gasteiger partial charge in [-0.3, -0.25) is 0 Å². The fourth-order valence-corrected chi connectivity index (χ4v) is 4.73. The Kier molecular flexibility index (Phi) is 11.4. The predicted molar refractivity (Wildman–Crippen MR) is 154 cm³/mol. The van der Waals surface area contributed by atoms with Crippen LogP contribution in [0.4, 0.5) is 10.5 Å². The highest BCUT2D eigenvalue weighted by molar-refractivity contribution is 6.35. The minimum atomic E-state index is -0.301. The Hall–Kier alpha value is -2.28. The van der Waals surface area contributed by atoms with Gasteiger partial charge >= 0.3 is 6.03 Å². The Morgan fingerprint density at radius 1 is 0.917 bits per heavy atom. The van der Waals surface area contributed by atoms with E-state index in [1.165, 1.54) is 0 Å². The molecule has 3 aromatic carbocycles. The highest BCUT2D eigenvalue weighted by atomic mass is 35.5. The zero-order valence-electron chi connectivity index (χ0n) is 20.7. The molecule has 0 bridgehead atoms. The average Bonchev–Trinajstić information content (AvgIpc) is 2.83. The highest BCUT2D eigenvalue weighted by Gasteiger charge is 2.14. The van der Waals surface area contributed by atoms with Crippen LogP contribution in [0.2, 0.25) is 15.1 Å². The third kappa shape index (κ3) is 9.30. The molecule has 3 rings (SSSR count). The van der Waals surface area contributed by atoms with Gasteiger partial charge in [0.15, 0.2) is 0 Å². The van der Waals surface area contributed by atoms with Crippen molar-refractivity contribution in [2.45, 2.75) is 18.8 Å². The van der Waals surface area contributed by atoms with Crippen LogP contribution in [-0.4, -0.2) is 51.2 Å². The Morgan fingerprint density at radius 3 is 2.28 bits per heavy atom. The molecule has 1 unspecified atom stereocenters. The molecule has 192 valence electrons. The minimum absolute atomic E-state index is 0.139. The molecule has 3 N–H and O–H groups in total. The van der Waals surface area contributed by atoms with Crippen LogP contribution in [-0.2, 0) is 0 Å². The second-order valence-corrected chi connectivity index (χ2v) is 10.3. The number of hydrogen-bond acceptors (Lipinski definition) is 3. The van der Waals surface area contributed by atoms with Crippen molar-refractivity contribution in [3.05, 3.63) is 87.4 Å². The van der Waals surface area contributed by atoms with Crippen LogP contribution in [0.1, 0.15) is 24.3 Å². The van der Waals surface area contributed by atoms with Crippen molar-refractivity contribution in [1.29, 1.82) is 0 Å². The number of carbonyl (C=O) groups excluding carboxylic acids is 1. The fraction of sp³-hybridized carbons (Fsp3) is 0.321. The summed E-state index contributed by atoms with van der Waals surface area (Å²) in [7, 11) is 4.16. The Morgan fingerprint density at radius 2 is 1.61 bits per heavy atom. The van der Waals surface area contributed by atoms with Crippen LogP contribution < -0.4 is 16.0 Å². The van der Waals surface area contributed by atoms with E-state index in [1.54, 1.807) is 18.2 Å². The lowest BCUT2D eigenvalue weighted by atomic mass is 9.93. The number of hydrogen-bond donors (Lipinski definition) is 3. The van der Waals surface area contributed by atoms with Gasteiger partial charge in [0.2, 0.25) is 0 Å². The molecule has 0 aliphatic carbocycles. The number of nitrogens with zero attached hydrogens (tertiary/aromatic N) is 1.